The number of hydrogen-bond acceptors (Lipinski definition) is 5. The summed E-state index contributed by atoms with van der Waals surface area (Å²) >= 11 is 9.63. The lowest BCUT2D eigenvalue weighted by molar-refractivity contribution is -0.122. The molecule has 1 aliphatic rings. The van der Waals surface area contributed by atoms with Gasteiger partial charge >= 0.3 is 6.03 Å². The molecule has 0 radical (unpaired) electrons. The number of ether oxygens (including phenoxy) is 2. The molecule has 4 amide bonds. The summed E-state index contributed by atoms with van der Waals surface area (Å²) < 4.78 is 12.6. The van der Waals surface area contributed by atoms with Crippen LogP contribution in [-0.2, 0) is 22.8 Å². The van der Waals surface area contributed by atoms with Gasteiger partial charge in [-0.3, -0.25) is 14.9 Å². The Labute approximate surface area is 250 Å². The Morgan fingerprint density at radius 1 is 0.878 bits per heavy atom. The molecule has 5 rings (SSSR count). The van der Waals surface area contributed by atoms with Gasteiger partial charge in [0.05, 0.1) is 5.69 Å². The molecule has 1 N–H and O–H groups in total. The number of urea groups is 1. The zero-order valence-corrected chi connectivity index (χ0v) is 24.2. The minimum atomic E-state index is -0.841. The molecule has 4 aromatic carbocycles. The van der Waals surface area contributed by atoms with E-state index in [1.165, 1.54) is 6.08 Å². The molecule has 0 spiro atoms. The van der Waals surface area contributed by atoms with Gasteiger partial charge in [0.15, 0.2) is 0 Å². The largest absolute Gasteiger partial charge is 0.489 e. The summed E-state index contributed by atoms with van der Waals surface area (Å²) in [6, 6.07) is 26.2. The van der Waals surface area contributed by atoms with Crippen LogP contribution in [0.2, 0.25) is 5.02 Å². The Kier molecular flexibility index (Phi) is 8.52. The van der Waals surface area contributed by atoms with E-state index in [9.17, 15) is 14.4 Å². The van der Waals surface area contributed by atoms with Crippen LogP contribution in [0, 0.1) is 6.92 Å². The molecule has 1 fully saturated rings. The van der Waals surface area contributed by atoms with Crippen LogP contribution in [0.5, 0.6) is 11.5 Å². The van der Waals surface area contributed by atoms with Crippen molar-refractivity contribution in [3.05, 3.63) is 128 Å². The highest BCUT2D eigenvalue weighted by molar-refractivity contribution is 9.10. The van der Waals surface area contributed by atoms with Crippen LogP contribution in [0.25, 0.3) is 6.08 Å². The maximum Gasteiger partial charge on any atom is 0.335 e. The fourth-order valence-electron chi connectivity index (χ4n) is 4.12. The van der Waals surface area contributed by atoms with Crippen molar-refractivity contribution < 1.29 is 23.9 Å². The van der Waals surface area contributed by atoms with Crippen LogP contribution in [0.1, 0.15) is 22.3 Å². The van der Waals surface area contributed by atoms with Crippen LogP contribution in [0.4, 0.5) is 10.5 Å². The number of imide groups is 2. The van der Waals surface area contributed by atoms with E-state index in [0.29, 0.717) is 28.7 Å². The van der Waals surface area contributed by atoms with Gasteiger partial charge in [-0.15, -0.1) is 0 Å². The van der Waals surface area contributed by atoms with Crippen LogP contribution in [0.15, 0.2) is 101 Å². The second kappa shape index (κ2) is 12.4. The highest BCUT2D eigenvalue weighted by Crippen LogP contribution is 2.29. The van der Waals surface area contributed by atoms with Crippen molar-refractivity contribution in [2.45, 2.75) is 20.1 Å². The van der Waals surface area contributed by atoms with Crippen molar-refractivity contribution in [2.75, 3.05) is 4.90 Å². The number of hydrogen-bond donors (Lipinski definition) is 1. The van der Waals surface area contributed by atoms with E-state index in [-0.39, 0.29) is 17.9 Å². The van der Waals surface area contributed by atoms with Gasteiger partial charge in [-0.25, -0.2) is 9.69 Å². The van der Waals surface area contributed by atoms with Gasteiger partial charge in [0.2, 0.25) is 0 Å². The number of aryl methyl sites for hydroxylation is 1. The highest BCUT2D eigenvalue weighted by atomic mass is 79.9. The van der Waals surface area contributed by atoms with Gasteiger partial charge in [-0.05, 0) is 67.1 Å². The van der Waals surface area contributed by atoms with E-state index in [2.05, 4.69) is 21.2 Å². The van der Waals surface area contributed by atoms with E-state index in [1.54, 1.807) is 48.5 Å². The number of nitrogens with one attached hydrogen (secondary N) is 1. The molecule has 206 valence electrons. The van der Waals surface area contributed by atoms with Gasteiger partial charge in [-0.2, -0.15) is 0 Å². The zero-order chi connectivity index (χ0) is 28.9. The maximum absolute atomic E-state index is 13.5. The third-order valence-electron chi connectivity index (χ3n) is 6.34. The number of barbiturate groups is 1. The van der Waals surface area contributed by atoms with Crippen molar-refractivity contribution >= 4 is 57.1 Å². The number of benzene rings is 4. The van der Waals surface area contributed by atoms with Crippen LogP contribution < -0.4 is 19.7 Å². The van der Waals surface area contributed by atoms with Gasteiger partial charge in [0.25, 0.3) is 11.8 Å². The molecule has 0 aliphatic carbocycles. The fraction of sp³-hybridized carbons (Fsp3) is 0.0938. The first-order valence-corrected chi connectivity index (χ1v) is 13.8. The van der Waals surface area contributed by atoms with Crippen LogP contribution in [0.3, 0.4) is 0 Å². The lowest BCUT2D eigenvalue weighted by Gasteiger charge is -2.26. The molecule has 0 unspecified atom stereocenters. The molecular formula is C32H24BrClN2O5. The second-order valence-corrected chi connectivity index (χ2v) is 10.6. The lowest BCUT2D eigenvalue weighted by atomic mass is 10.1. The Balaban J connectivity index is 1.36. The summed E-state index contributed by atoms with van der Waals surface area (Å²) in [5.41, 5.74) is 3.51. The topological polar surface area (TPSA) is 84.9 Å². The molecule has 41 heavy (non-hydrogen) atoms. The summed E-state index contributed by atoms with van der Waals surface area (Å²) in [7, 11) is 0. The quantitative estimate of drug-likeness (QED) is 0.164. The first kappa shape index (κ1) is 28.1. The van der Waals surface area contributed by atoms with Gasteiger partial charge in [0.1, 0.15) is 30.3 Å². The summed E-state index contributed by atoms with van der Waals surface area (Å²) in [5.74, 6) is -0.548. The molecule has 0 atom stereocenters. The monoisotopic (exact) mass is 630 g/mol. The molecule has 1 aliphatic heterocycles. The van der Waals surface area contributed by atoms with Crippen molar-refractivity contribution in [2.24, 2.45) is 0 Å². The average molecular weight is 632 g/mol. The average Bonchev–Trinajstić information content (AvgIpc) is 2.96. The molecular weight excluding hydrogens is 608 g/mol. The van der Waals surface area contributed by atoms with Gasteiger partial charge < -0.3 is 9.47 Å². The lowest BCUT2D eigenvalue weighted by Crippen LogP contribution is -2.54. The minimum absolute atomic E-state index is 0.207. The Morgan fingerprint density at radius 2 is 1.61 bits per heavy atom. The predicted molar refractivity (Wildman–Crippen MR) is 161 cm³/mol. The summed E-state index contributed by atoms with van der Waals surface area (Å²) in [4.78, 5) is 39.9. The number of amides is 4. The zero-order valence-electron chi connectivity index (χ0n) is 21.9. The number of anilines is 1. The molecule has 1 saturated heterocycles. The first-order valence-electron chi connectivity index (χ1n) is 12.6. The van der Waals surface area contributed by atoms with Crippen LogP contribution >= 0.6 is 27.5 Å². The molecule has 9 heteroatoms. The molecule has 0 aromatic heterocycles. The predicted octanol–water partition coefficient (Wildman–Crippen LogP) is 7.24. The number of halogens is 2. The maximum atomic E-state index is 13.5. The summed E-state index contributed by atoms with van der Waals surface area (Å²) in [6.45, 7) is 2.56. The number of nitrogens with zero attached hydrogens (tertiary/aromatic N) is 1. The molecule has 1 heterocycles. The SMILES string of the molecule is Cc1ccc(COc2ccc(Br)cc2/C=C2\C(=O)NC(=O)N(c3ccc(OCc4ccccc4Cl)cc3)C2=O)cc1. The van der Waals surface area contributed by atoms with E-state index in [0.717, 1.165) is 26.1 Å². The van der Waals surface area contributed by atoms with Crippen molar-refractivity contribution in [3.8, 4) is 11.5 Å². The third kappa shape index (κ3) is 6.67. The molecule has 7 nitrogen and oxygen atoms in total. The first-order chi connectivity index (χ1) is 19.8. The highest BCUT2D eigenvalue weighted by Gasteiger charge is 2.37. The third-order valence-corrected chi connectivity index (χ3v) is 7.20. The van der Waals surface area contributed by atoms with Crippen LogP contribution in [-0.4, -0.2) is 17.8 Å². The van der Waals surface area contributed by atoms with E-state index in [4.69, 9.17) is 21.1 Å². The van der Waals surface area contributed by atoms with E-state index < -0.39 is 17.8 Å². The normalized spacial score (nSPS) is 14.3. The molecule has 0 saturated carbocycles. The standard InChI is InChI=1S/C32H24BrClN2O5/c1-20-6-8-21(9-7-20)18-41-29-15-10-24(33)16-23(29)17-27-30(37)35-32(39)36(31(27)38)25-11-13-26(14-12-25)40-19-22-4-2-3-5-28(22)34/h2-17H,18-19H2,1H3,(H,35,37,39)/b27-17+. The molecule has 0 bridgehead atoms. The number of carbonyl (C=O) groups is 3. The number of carbonyl (C=O) groups excluding carboxylic acids is 3. The fourth-order valence-corrected chi connectivity index (χ4v) is 4.69. The Hall–Kier alpha value is -4.40. The second-order valence-electron chi connectivity index (χ2n) is 9.29. The van der Waals surface area contributed by atoms with Crippen molar-refractivity contribution in [3.63, 3.8) is 0 Å². The molecule has 4 aromatic rings. The van der Waals surface area contributed by atoms with E-state index >= 15 is 0 Å². The Bertz CT molecular complexity index is 1650. The smallest absolute Gasteiger partial charge is 0.335 e. The Morgan fingerprint density at radius 3 is 2.34 bits per heavy atom. The van der Waals surface area contributed by atoms with E-state index in [1.807, 2.05) is 49.4 Å². The minimum Gasteiger partial charge on any atom is -0.489 e. The van der Waals surface area contributed by atoms with Crippen molar-refractivity contribution in [1.82, 2.24) is 5.32 Å². The van der Waals surface area contributed by atoms with Crippen molar-refractivity contribution in [1.29, 1.82) is 0 Å². The summed E-state index contributed by atoms with van der Waals surface area (Å²) in [5, 5.41) is 2.85. The van der Waals surface area contributed by atoms with Gasteiger partial charge in [-0.1, -0.05) is 75.6 Å². The number of rotatable bonds is 8. The summed E-state index contributed by atoms with van der Waals surface area (Å²) in [6.07, 6.45) is 1.42. The van der Waals surface area contributed by atoms with Gasteiger partial charge in [0, 0.05) is 20.6 Å².